The van der Waals surface area contributed by atoms with Crippen LogP contribution in [0.4, 0.5) is 16.0 Å². The van der Waals surface area contributed by atoms with Gasteiger partial charge in [0, 0.05) is 25.7 Å². The maximum atomic E-state index is 13.4. The SMILES string of the molecule is CNc1nc(C2CC3CC(O)CC3C2)c(C(=O)Nc2ccc(F)c(Cl)c2)n1C. The maximum Gasteiger partial charge on any atom is 0.274 e. The van der Waals surface area contributed by atoms with Crippen LogP contribution in [0, 0.1) is 17.7 Å². The van der Waals surface area contributed by atoms with Gasteiger partial charge in [-0.3, -0.25) is 4.79 Å². The van der Waals surface area contributed by atoms with Crippen molar-refractivity contribution in [3.63, 3.8) is 0 Å². The quantitative estimate of drug-likeness (QED) is 0.722. The molecule has 1 aromatic heterocycles. The van der Waals surface area contributed by atoms with Crippen molar-refractivity contribution in [1.82, 2.24) is 9.55 Å². The lowest BCUT2D eigenvalue weighted by Crippen LogP contribution is -2.19. The monoisotopic (exact) mass is 406 g/mol. The number of hydrogen-bond donors (Lipinski definition) is 3. The highest BCUT2D eigenvalue weighted by atomic mass is 35.5. The van der Waals surface area contributed by atoms with Gasteiger partial charge in [0.25, 0.3) is 5.91 Å². The third-order valence-corrected chi connectivity index (χ3v) is 6.41. The van der Waals surface area contributed by atoms with Gasteiger partial charge >= 0.3 is 0 Å². The number of hydrogen-bond acceptors (Lipinski definition) is 4. The molecular formula is C20H24ClFN4O2. The Morgan fingerprint density at radius 1 is 1.29 bits per heavy atom. The van der Waals surface area contributed by atoms with Gasteiger partial charge in [0.05, 0.1) is 16.8 Å². The van der Waals surface area contributed by atoms with Gasteiger partial charge in [-0.25, -0.2) is 9.37 Å². The number of anilines is 2. The average molecular weight is 407 g/mol. The molecule has 4 rings (SSSR count). The molecule has 2 atom stereocenters. The Hall–Kier alpha value is -2.12. The van der Waals surface area contributed by atoms with Crippen molar-refractivity contribution in [2.45, 2.75) is 37.7 Å². The van der Waals surface area contributed by atoms with Crippen LogP contribution in [0.25, 0.3) is 0 Å². The van der Waals surface area contributed by atoms with E-state index in [1.165, 1.54) is 18.2 Å². The smallest absolute Gasteiger partial charge is 0.274 e. The molecule has 2 saturated carbocycles. The number of halogens is 2. The highest BCUT2D eigenvalue weighted by Crippen LogP contribution is 2.51. The van der Waals surface area contributed by atoms with Crippen molar-refractivity contribution < 1.29 is 14.3 Å². The Morgan fingerprint density at radius 3 is 2.57 bits per heavy atom. The zero-order valence-electron chi connectivity index (χ0n) is 15.9. The summed E-state index contributed by atoms with van der Waals surface area (Å²) in [6.45, 7) is 0. The number of fused-ring (bicyclic) bond motifs is 1. The minimum Gasteiger partial charge on any atom is -0.393 e. The number of carbonyl (C=O) groups excluding carboxylic acids is 1. The molecule has 0 spiro atoms. The molecule has 1 heterocycles. The molecular weight excluding hydrogens is 383 g/mol. The van der Waals surface area contributed by atoms with Crippen LogP contribution in [-0.4, -0.2) is 33.7 Å². The van der Waals surface area contributed by atoms with E-state index < -0.39 is 5.82 Å². The number of carbonyl (C=O) groups is 1. The molecule has 1 amide bonds. The summed E-state index contributed by atoms with van der Waals surface area (Å²) in [4.78, 5) is 17.8. The van der Waals surface area contributed by atoms with Crippen molar-refractivity contribution >= 4 is 29.1 Å². The fourth-order valence-corrected chi connectivity index (χ4v) is 5.05. The minimum absolute atomic E-state index is 0.0406. The van der Waals surface area contributed by atoms with Gasteiger partial charge in [-0.05, 0) is 55.7 Å². The number of rotatable bonds is 4. The van der Waals surface area contributed by atoms with Crippen molar-refractivity contribution in [3.05, 3.63) is 40.4 Å². The number of nitrogens with zero attached hydrogens (tertiary/aromatic N) is 2. The lowest BCUT2D eigenvalue weighted by atomic mass is 9.97. The summed E-state index contributed by atoms with van der Waals surface area (Å²) in [5, 5.41) is 15.7. The van der Waals surface area contributed by atoms with Crippen molar-refractivity contribution in [2.24, 2.45) is 18.9 Å². The topological polar surface area (TPSA) is 79.2 Å². The Kier molecular flexibility index (Phi) is 5.05. The van der Waals surface area contributed by atoms with Gasteiger partial charge < -0.3 is 20.3 Å². The average Bonchev–Trinajstić information content (AvgIpc) is 3.28. The molecule has 6 nitrogen and oxygen atoms in total. The van der Waals surface area contributed by atoms with Gasteiger partial charge in [0.1, 0.15) is 11.5 Å². The van der Waals surface area contributed by atoms with E-state index in [2.05, 4.69) is 10.6 Å². The number of amides is 1. The van der Waals surface area contributed by atoms with Crippen molar-refractivity contribution in [2.75, 3.05) is 17.7 Å². The van der Waals surface area contributed by atoms with E-state index in [1.54, 1.807) is 18.7 Å². The third-order valence-electron chi connectivity index (χ3n) is 6.12. The first kappa shape index (κ1) is 19.2. The van der Waals surface area contributed by atoms with Crippen LogP contribution in [0.15, 0.2) is 18.2 Å². The summed E-state index contributed by atoms with van der Waals surface area (Å²) in [6.07, 6.45) is 3.35. The summed E-state index contributed by atoms with van der Waals surface area (Å²) in [7, 11) is 3.57. The van der Waals surface area contributed by atoms with E-state index in [9.17, 15) is 14.3 Å². The Morgan fingerprint density at radius 2 is 1.96 bits per heavy atom. The second-order valence-electron chi connectivity index (χ2n) is 7.88. The van der Waals surface area contributed by atoms with Gasteiger partial charge in [0.15, 0.2) is 0 Å². The van der Waals surface area contributed by atoms with Gasteiger partial charge in [-0.1, -0.05) is 11.6 Å². The summed E-state index contributed by atoms with van der Waals surface area (Å²) in [5.74, 6) is 0.964. The van der Waals surface area contributed by atoms with Crippen LogP contribution in [0.2, 0.25) is 5.02 Å². The fraction of sp³-hybridized carbons (Fsp3) is 0.500. The fourth-order valence-electron chi connectivity index (χ4n) is 4.87. The van der Waals surface area contributed by atoms with Crippen LogP contribution >= 0.6 is 11.6 Å². The second-order valence-corrected chi connectivity index (χ2v) is 8.28. The van der Waals surface area contributed by atoms with Gasteiger partial charge in [-0.15, -0.1) is 0 Å². The number of benzene rings is 1. The van der Waals surface area contributed by atoms with Gasteiger partial charge in [0.2, 0.25) is 5.95 Å². The molecule has 0 saturated heterocycles. The van der Waals surface area contributed by atoms with Crippen LogP contribution in [0.3, 0.4) is 0 Å². The predicted molar refractivity (Wildman–Crippen MR) is 106 cm³/mol. The van der Waals surface area contributed by atoms with E-state index in [1.807, 2.05) is 0 Å². The first-order chi connectivity index (χ1) is 13.4. The summed E-state index contributed by atoms with van der Waals surface area (Å²) in [5.41, 5.74) is 1.71. The van der Waals surface area contributed by atoms with Crippen LogP contribution < -0.4 is 10.6 Å². The first-order valence-corrected chi connectivity index (χ1v) is 9.94. The van der Waals surface area contributed by atoms with E-state index in [0.717, 1.165) is 31.4 Å². The molecule has 0 aliphatic heterocycles. The molecule has 3 N–H and O–H groups in total. The molecule has 2 aliphatic carbocycles. The van der Waals surface area contributed by atoms with Crippen LogP contribution in [0.5, 0.6) is 0 Å². The first-order valence-electron chi connectivity index (χ1n) is 9.56. The Bertz CT molecular complexity index is 902. The molecule has 0 radical (unpaired) electrons. The molecule has 2 aliphatic rings. The largest absolute Gasteiger partial charge is 0.393 e. The second kappa shape index (κ2) is 7.37. The zero-order chi connectivity index (χ0) is 20.0. The van der Waals surface area contributed by atoms with Crippen LogP contribution in [-0.2, 0) is 7.05 Å². The molecule has 150 valence electrons. The van der Waals surface area contributed by atoms with E-state index in [0.29, 0.717) is 29.2 Å². The summed E-state index contributed by atoms with van der Waals surface area (Å²) >= 11 is 5.83. The van der Waals surface area contributed by atoms with Crippen molar-refractivity contribution in [1.29, 1.82) is 0 Å². The number of aromatic nitrogens is 2. The van der Waals surface area contributed by atoms with Crippen molar-refractivity contribution in [3.8, 4) is 0 Å². The number of aliphatic hydroxyl groups is 1. The number of aliphatic hydroxyl groups excluding tert-OH is 1. The van der Waals surface area contributed by atoms with E-state index in [4.69, 9.17) is 16.6 Å². The molecule has 2 unspecified atom stereocenters. The number of imidazole rings is 1. The molecule has 2 aromatic rings. The predicted octanol–water partition coefficient (Wildman–Crippen LogP) is 3.77. The molecule has 8 heteroatoms. The van der Waals surface area contributed by atoms with Gasteiger partial charge in [-0.2, -0.15) is 0 Å². The Labute approximate surface area is 168 Å². The zero-order valence-corrected chi connectivity index (χ0v) is 16.6. The molecule has 2 fully saturated rings. The normalized spacial score (nSPS) is 26.3. The number of nitrogens with one attached hydrogen (secondary N) is 2. The van der Waals surface area contributed by atoms with Crippen LogP contribution in [0.1, 0.15) is 47.8 Å². The highest BCUT2D eigenvalue weighted by molar-refractivity contribution is 6.31. The molecule has 28 heavy (non-hydrogen) atoms. The highest BCUT2D eigenvalue weighted by Gasteiger charge is 2.43. The molecule has 1 aromatic carbocycles. The standard InChI is InChI=1S/C20H24ClFN4O2/c1-23-20-25-17(12-5-10-7-14(27)8-11(10)6-12)18(26(20)2)19(28)24-13-3-4-16(22)15(21)9-13/h3-4,9-12,14,27H,5-8H2,1-2H3,(H,23,25)(H,24,28). The van der Waals surface area contributed by atoms with E-state index >= 15 is 0 Å². The molecule has 0 bridgehead atoms. The summed E-state index contributed by atoms with van der Waals surface area (Å²) in [6, 6.07) is 4.10. The lowest BCUT2D eigenvalue weighted by Gasteiger charge is -2.13. The third kappa shape index (κ3) is 3.37. The lowest BCUT2D eigenvalue weighted by molar-refractivity contribution is 0.101. The maximum absolute atomic E-state index is 13.4. The minimum atomic E-state index is -0.530. The van der Waals surface area contributed by atoms with E-state index in [-0.39, 0.29) is 23.0 Å². The Balaban J connectivity index is 1.62. The summed E-state index contributed by atoms with van der Waals surface area (Å²) < 4.78 is 15.1.